The van der Waals surface area contributed by atoms with Crippen LogP contribution in [0.5, 0.6) is 11.5 Å². The van der Waals surface area contributed by atoms with Crippen molar-refractivity contribution in [2.24, 2.45) is 0 Å². The van der Waals surface area contributed by atoms with Crippen LogP contribution < -0.4 is 10.1 Å². The summed E-state index contributed by atoms with van der Waals surface area (Å²) in [4.78, 5) is 25.6. The van der Waals surface area contributed by atoms with E-state index >= 15 is 0 Å². The quantitative estimate of drug-likeness (QED) is 0.108. The molecule has 0 bridgehead atoms. The maximum atomic E-state index is 13.3. The number of esters is 1. The SMILES string of the molecule is CNC(=O)c1c(-c2ccc(Oc3ccc(F)cc3)cc2)oc2cc(CN(Cc3ccc(I)c(C(=O)OC)c3)S(C)(=O)=O)c(C3CC3)cc12. The molecule has 4 aromatic carbocycles. The number of benzene rings is 4. The first-order valence-electron chi connectivity index (χ1n) is 15.1. The van der Waals surface area contributed by atoms with E-state index in [0.29, 0.717) is 54.1 Å². The molecular weight excluding hydrogens is 750 g/mol. The number of nitrogens with one attached hydrogen (secondary N) is 1. The first-order chi connectivity index (χ1) is 22.9. The van der Waals surface area contributed by atoms with Crippen LogP contribution in [0, 0.1) is 9.39 Å². The predicted molar refractivity (Wildman–Crippen MR) is 188 cm³/mol. The summed E-state index contributed by atoms with van der Waals surface area (Å²) in [7, 11) is -0.827. The lowest BCUT2D eigenvalue weighted by Crippen LogP contribution is -2.29. The van der Waals surface area contributed by atoms with Crippen molar-refractivity contribution in [2.75, 3.05) is 20.4 Å². The van der Waals surface area contributed by atoms with Gasteiger partial charge < -0.3 is 19.2 Å². The minimum absolute atomic E-state index is 0.0428. The van der Waals surface area contributed by atoms with E-state index in [1.54, 1.807) is 49.5 Å². The molecule has 1 aliphatic carbocycles. The highest BCUT2D eigenvalue weighted by Crippen LogP contribution is 2.45. The number of hydrogen-bond donors (Lipinski definition) is 1. The number of carbonyl (C=O) groups excluding carboxylic acids is 2. The Kier molecular flexibility index (Phi) is 9.59. The number of rotatable bonds is 11. The minimum atomic E-state index is -3.69. The zero-order chi connectivity index (χ0) is 34.2. The van der Waals surface area contributed by atoms with E-state index in [0.717, 1.165) is 30.2 Å². The topological polar surface area (TPSA) is 115 Å². The average Bonchev–Trinajstić information content (AvgIpc) is 3.85. The summed E-state index contributed by atoms with van der Waals surface area (Å²) in [6.07, 6.45) is 3.06. The van der Waals surface area contributed by atoms with Gasteiger partial charge in [-0.1, -0.05) is 6.07 Å². The van der Waals surface area contributed by atoms with Crippen molar-refractivity contribution in [3.05, 3.63) is 116 Å². The second-order valence-electron chi connectivity index (χ2n) is 11.6. The van der Waals surface area contributed by atoms with Crippen molar-refractivity contribution in [1.82, 2.24) is 9.62 Å². The third-order valence-electron chi connectivity index (χ3n) is 8.20. The Balaban J connectivity index is 1.37. The van der Waals surface area contributed by atoms with Crippen LogP contribution in [0.15, 0.2) is 83.3 Å². The summed E-state index contributed by atoms with van der Waals surface area (Å²) < 4.78 is 58.7. The van der Waals surface area contributed by atoms with Gasteiger partial charge in [0, 0.05) is 34.7 Å². The number of fused-ring (bicyclic) bond motifs is 1. The van der Waals surface area contributed by atoms with E-state index < -0.39 is 16.0 Å². The molecule has 0 radical (unpaired) electrons. The van der Waals surface area contributed by atoms with E-state index in [4.69, 9.17) is 13.9 Å². The highest BCUT2D eigenvalue weighted by Gasteiger charge is 2.31. The van der Waals surface area contributed by atoms with E-state index in [1.165, 1.54) is 35.7 Å². The van der Waals surface area contributed by atoms with Crippen LogP contribution in [0.2, 0.25) is 0 Å². The Hall–Kier alpha value is -4.27. The number of ether oxygens (including phenoxy) is 2. The molecule has 1 aliphatic rings. The fraction of sp³-hybridized carbons (Fsp3) is 0.222. The van der Waals surface area contributed by atoms with Gasteiger partial charge >= 0.3 is 5.97 Å². The molecule has 1 saturated carbocycles. The number of halogens is 2. The van der Waals surface area contributed by atoms with E-state index in [-0.39, 0.29) is 30.7 Å². The lowest BCUT2D eigenvalue weighted by Gasteiger charge is -2.22. The second kappa shape index (κ2) is 13.7. The van der Waals surface area contributed by atoms with Crippen molar-refractivity contribution in [2.45, 2.75) is 31.8 Å². The first kappa shape index (κ1) is 33.6. The van der Waals surface area contributed by atoms with Gasteiger partial charge in [-0.2, -0.15) is 4.31 Å². The summed E-state index contributed by atoms with van der Waals surface area (Å²) in [6, 6.07) is 21.7. The van der Waals surface area contributed by atoms with Crippen LogP contribution in [0.4, 0.5) is 4.39 Å². The number of carbonyl (C=O) groups is 2. The molecule has 1 aromatic heterocycles. The largest absolute Gasteiger partial charge is 0.465 e. The molecule has 0 saturated heterocycles. The Labute approximate surface area is 291 Å². The molecular formula is C36H32FIN2O7S. The molecule has 248 valence electrons. The maximum absolute atomic E-state index is 13.3. The van der Waals surface area contributed by atoms with E-state index in [2.05, 4.69) is 5.32 Å². The van der Waals surface area contributed by atoms with Crippen molar-refractivity contribution in [3.63, 3.8) is 0 Å². The monoisotopic (exact) mass is 782 g/mol. The van der Waals surface area contributed by atoms with Crippen molar-refractivity contribution in [1.29, 1.82) is 0 Å². The lowest BCUT2D eigenvalue weighted by molar-refractivity contribution is 0.0599. The Morgan fingerprint density at radius 1 is 0.979 bits per heavy atom. The van der Waals surface area contributed by atoms with Crippen LogP contribution in [-0.4, -0.2) is 45.0 Å². The number of amides is 1. The summed E-state index contributed by atoms with van der Waals surface area (Å²) in [6.45, 7) is 0.113. The van der Waals surface area contributed by atoms with Crippen molar-refractivity contribution in [3.8, 4) is 22.8 Å². The number of furan rings is 1. The Bertz CT molecular complexity index is 2130. The molecule has 1 N–H and O–H groups in total. The van der Waals surface area contributed by atoms with Crippen molar-refractivity contribution >= 4 is 55.5 Å². The summed E-state index contributed by atoms with van der Waals surface area (Å²) in [5.74, 6) is 0.426. The number of nitrogens with zero attached hydrogens (tertiary/aromatic N) is 1. The normalized spacial score (nSPS) is 13.1. The fourth-order valence-corrected chi connectivity index (χ4v) is 6.91. The van der Waals surface area contributed by atoms with Crippen LogP contribution in [0.1, 0.15) is 56.2 Å². The first-order valence-corrected chi connectivity index (χ1v) is 18.0. The molecule has 0 atom stereocenters. The standard InChI is InChI=1S/C36H32FIN2O7S/c1-39-35(41)33-30-18-28(22-5-6-22)24(20-40(48(3,43)44)19-21-4-15-31(38)29(16-21)36(42)45-2)17-32(30)47-34(33)23-7-11-26(12-8-23)46-27-13-9-25(37)10-14-27/h4,7-18,22H,5-6,19-20H2,1-3H3,(H,39,41). The molecule has 0 aliphatic heterocycles. The molecule has 1 amide bonds. The molecule has 1 fully saturated rings. The fourth-order valence-electron chi connectivity index (χ4n) is 5.60. The van der Waals surface area contributed by atoms with Crippen LogP contribution in [-0.2, 0) is 27.8 Å². The molecule has 1 heterocycles. The van der Waals surface area contributed by atoms with Crippen molar-refractivity contribution < 1.29 is 36.3 Å². The molecule has 0 unspecified atom stereocenters. The zero-order valence-corrected chi connectivity index (χ0v) is 29.4. The maximum Gasteiger partial charge on any atom is 0.338 e. The van der Waals surface area contributed by atoms with Gasteiger partial charge in [0.05, 0.1) is 24.5 Å². The van der Waals surface area contributed by atoms with Gasteiger partial charge in [-0.15, -0.1) is 0 Å². The third-order valence-corrected chi connectivity index (χ3v) is 10.3. The number of hydrogen-bond acceptors (Lipinski definition) is 7. The minimum Gasteiger partial charge on any atom is -0.465 e. The summed E-state index contributed by atoms with van der Waals surface area (Å²) in [5, 5.41) is 3.35. The molecule has 5 aromatic rings. The van der Waals surface area contributed by atoms with E-state index in [9.17, 15) is 22.4 Å². The van der Waals surface area contributed by atoms with Gasteiger partial charge in [0.1, 0.15) is 28.7 Å². The lowest BCUT2D eigenvalue weighted by atomic mass is 9.97. The molecule has 6 rings (SSSR count). The highest BCUT2D eigenvalue weighted by atomic mass is 127. The number of methoxy groups -OCH3 is 1. The van der Waals surface area contributed by atoms with Crippen LogP contribution >= 0.6 is 22.6 Å². The molecule has 0 spiro atoms. The van der Waals surface area contributed by atoms with Gasteiger partial charge in [-0.25, -0.2) is 17.6 Å². The highest BCUT2D eigenvalue weighted by molar-refractivity contribution is 14.1. The van der Waals surface area contributed by atoms with Gasteiger partial charge in [0.25, 0.3) is 5.91 Å². The van der Waals surface area contributed by atoms with E-state index in [1.807, 2.05) is 34.7 Å². The van der Waals surface area contributed by atoms with Gasteiger partial charge in [0.15, 0.2) is 0 Å². The summed E-state index contributed by atoms with van der Waals surface area (Å²) >= 11 is 2.04. The molecule has 9 nitrogen and oxygen atoms in total. The smallest absolute Gasteiger partial charge is 0.338 e. The Morgan fingerprint density at radius 3 is 2.25 bits per heavy atom. The zero-order valence-electron chi connectivity index (χ0n) is 26.4. The average molecular weight is 783 g/mol. The third kappa shape index (κ3) is 7.25. The van der Waals surface area contributed by atoms with Gasteiger partial charge in [-0.05, 0) is 131 Å². The Morgan fingerprint density at radius 2 is 1.65 bits per heavy atom. The van der Waals surface area contributed by atoms with Crippen LogP contribution in [0.25, 0.3) is 22.3 Å². The predicted octanol–water partition coefficient (Wildman–Crippen LogP) is 7.62. The van der Waals surface area contributed by atoms with Gasteiger partial charge in [0.2, 0.25) is 10.0 Å². The summed E-state index contributed by atoms with van der Waals surface area (Å²) in [5.41, 5.74) is 4.22. The second-order valence-corrected chi connectivity index (χ2v) is 14.8. The molecule has 12 heteroatoms. The number of sulfonamides is 1. The molecule has 48 heavy (non-hydrogen) atoms. The van der Waals surface area contributed by atoms with Crippen LogP contribution in [0.3, 0.4) is 0 Å². The van der Waals surface area contributed by atoms with Gasteiger partial charge in [-0.3, -0.25) is 4.79 Å².